The SMILES string of the molecule is COCCc1nnc(NC(=O)C2c3ccccc3Oc3ccccc32)o1. The van der Waals surface area contributed by atoms with Gasteiger partial charge in [-0.25, -0.2) is 0 Å². The van der Waals surface area contributed by atoms with Crippen LogP contribution in [0, 0.1) is 0 Å². The predicted molar refractivity (Wildman–Crippen MR) is 93.3 cm³/mol. The summed E-state index contributed by atoms with van der Waals surface area (Å²) in [6.45, 7) is 0.469. The molecular formula is C19H17N3O4. The number of ether oxygens (including phenoxy) is 2. The molecule has 1 aromatic heterocycles. The Labute approximate surface area is 150 Å². The molecule has 1 amide bonds. The third kappa shape index (κ3) is 3.04. The molecule has 0 atom stereocenters. The summed E-state index contributed by atoms with van der Waals surface area (Å²) in [6, 6.07) is 15.0. The summed E-state index contributed by atoms with van der Waals surface area (Å²) in [5.74, 6) is 0.964. The fraction of sp³-hybridized carbons (Fsp3) is 0.211. The highest BCUT2D eigenvalue weighted by molar-refractivity contribution is 5.98. The number of aromatic nitrogens is 2. The van der Waals surface area contributed by atoms with Gasteiger partial charge in [0.25, 0.3) is 0 Å². The van der Waals surface area contributed by atoms with Gasteiger partial charge < -0.3 is 13.9 Å². The van der Waals surface area contributed by atoms with Crippen LogP contribution in [0.3, 0.4) is 0 Å². The number of amides is 1. The molecule has 0 spiro atoms. The third-order valence-corrected chi connectivity index (χ3v) is 4.16. The Balaban J connectivity index is 1.62. The van der Waals surface area contributed by atoms with Crippen molar-refractivity contribution >= 4 is 11.9 Å². The lowest BCUT2D eigenvalue weighted by Crippen LogP contribution is -2.25. The van der Waals surface area contributed by atoms with E-state index in [9.17, 15) is 4.79 Å². The van der Waals surface area contributed by atoms with Crippen molar-refractivity contribution < 1.29 is 18.7 Å². The summed E-state index contributed by atoms with van der Waals surface area (Å²) in [4.78, 5) is 13.0. The maximum atomic E-state index is 13.0. The van der Waals surface area contributed by atoms with E-state index in [1.165, 1.54) is 0 Å². The standard InChI is InChI=1S/C19H17N3O4/c1-24-11-10-16-21-22-19(26-16)20-18(23)17-12-6-2-4-8-14(12)25-15-9-5-3-7-13(15)17/h2-9,17H,10-11H2,1H3,(H,20,22,23). The van der Waals surface area contributed by atoms with E-state index in [2.05, 4.69) is 15.5 Å². The van der Waals surface area contributed by atoms with Crippen LogP contribution < -0.4 is 10.1 Å². The minimum atomic E-state index is -0.523. The summed E-state index contributed by atoms with van der Waals surface area (Å²) >= 11 is 0. The van der Waals surface area contributed by atoms with Gasteiger partial charge in [-0.2, -0.15) is 0 Å². The molecule has 4 rings (SSSR count). The zero-order chi connectivity index (χ0) is 17.9. The minimum Gasteiger partial charge on any atom is -0.457 e. The van der Waals surface area contributed by atoms with Crippen molar-refractivity contribution in [2.24, 2.45) is 0 Å². The second kappa shape index (κ2) is 6.97. The van der Waals surface area contributed by atoms with E-state index in [0.717, 1.165) is 11.1 Å². The number of fused-ring (bicyclic) bond motifs is 2. The summed E-state index contributed by atoms with van der Waals surface area (Å²) in [6.07, 6.45) is 0.488. The van der Waals surface area contributed by atoms with Gasteiger partial charge in [-0.15, -0.1) is 5.10 Å². The van der Waals surface area contributed by atoms with Crippen LogP contribution in [0.25, 0.3) is 0 Å². The summed E-state index contributed by atoms with van der Waals surface area (Å²) in [7, 11) is 1.60. The molecule has 0 radical (unpaired) electrons. The lowest BCUT2D eigenvalue weighted by Gasteiger charge is -2.26. The largest absolute Gasteiger partial charge is 0.457 e. The first kappa shape index (κ1) is 16.3. The molecule has 1 aliphatic rings. The Morgan fingerprint density at radius 3 is 2.38 bits per heavy atom. The molecule has 0 unspecified atom stereocenters. The average Bonchev–Trinajstić information content (AvgIpc) is 3.11. The zero-order valence-electron chi connectivity index (χ0n) is 14.1. The second-order valence-corrected chi connectivity index (χ2v) is 5.84. The van der Waals surface area contributed by atoms with E-state index in [1.807, 2.05) is 48.5 Å². The Hall–Kier alpha value is -3.19. The van der Waals surface area contributed by atoms with Gasteiger partial charge in [0.05, 0.1) is 12.5 Å². The predicted octanol–water partition coefficient (Wildman–Crippen LogP) is 3.13. The van der Waals surface area contributed by atoms with E-state index >= 15 is 0 Å². The van der Waals surface area contributed by atoms with Crippen LogP contribution in [-0.2, 0) is 16.0 Å². The Morgan fingerprint density at radius 1 is 1.08 bits per heavy atom. The highest BCUT2D eigenvalue weighted by Crippen LogP contribution is 2.44. The summed E-state index contributed by atoms with van der Waals surface area (Å²) in [5, 5.41) is 10.5. The average molecular weight is 351 g/mol. The highest BCUT2D eigenvalue weighted by atomic mass is 16.5. The number of carbonyl (C=O) groups excluding carboxylic acids is 1. The van der Waals surface area contributed by atoms with Crippen LogP contribution >= 0.6 is 0 Å². The molecule has 0 bridgehead atoms. The number of nitrogens with zero attached hydrogens (tertiary/aromatic N) is 2. The Morgan fingerprint density at radius 2 is 1.73 bits per heavy atom. The second-order valence-electron chi connectivity index (χ2n) is 5.84. The van der Waals surface area contributed by atoms with Crippen molar-refractivity contribution in [1.82, 2.24) is 10.2 Å². The van der Waals surface area contributed by atoms with Gasteiger partial charge in [-0.3, -0.25) is 10.1 Å². The molecule has 0 saturated heterocycles. The lowest BCUT2D eigenvalue weighted by atomic mass is 9.87. The van der Waals surface area contributed by atoms with E-state index in [-0.39, 0.29) is 11.9 Å². The minimum absolute atomic E-state index is 0.0718. The van der Waals surface area contributed by atoms with Crippen molar-refractivity contribution in [2.45, 2.75) is 12.3 Å². The molecule has 2 aromatic carbocycles. The normalized spacial score (nSPS) is 12.8. The van der Waals surface area contributed by atoms with E-state index in [4.69, 9.17) is 13.9 Å². The van der Waals surface area contributed by atoms with Crippen LogP contribution in [0.1, 0.15) is 22.9 Å². The first-order valence-electron chi connectivity index (χ1n) is 8.24. The quantitative estimate of drug-likeness (QED) is 0.760. The molecule has 0 fully saturated rings. The van der Waals surface area contributed by atoms with Crippen molar-refractivity contribution in [3.63, 3.8) is 0 Å². The lowest BCUT2D eigenvalue weighted by molar-refractivity contribution is -0.117. The molecule has 3 aromatic rings. The monoisotopic (exact) mass is 351 g/mol. The number of hydrogen-bond donors (Lipinski definition) is 1. The maximum Gasteiger partial charge on any atom is 0.322 e. The Bertz CT molecular complexity index is 892. The van der Waals surface area contributed by atoms with Gasteiger partial charge in [0.2, 0.25) is 11.8 Å². The number of hydrogen-bond acceptors (Lipinski definition) is 6. The number of rotatable bonds is 5. The number of anilines is 1. The Kier molecular flexibility index (Phi) is 4.37. The smallest absolute Gasteiger partial charge is 0.322 e. The van der Waals surface area contributed by atoms with E-state index in [1.54, 1.807) is 7.11 Å². The number of methoxy groups -OCH3 is 1. The highest BCUT2D eigenvalue weighted by Gasteiger charge is 2.33. The molecule has 7 nitrogen and oxygen atoms in total. The van der Waals surface area contributed by atoms with Crippen LogP contribution in [0.2, 0.25) is 0 Å². The maximum absolute atomic E-state index is 13.0. The first-order chi connectivity index (χ1) is 12.8. The summed E-state index contributed by atoms with van der Waals surface area (Å²) < 4.78 is 16.3. The van der Waals surface area contributed by atoms with Gasteiger partial charge in [-0.1, -0.05) is 41.5 Å². The van der Waals surface area contributed by atoms with Crippen molar-refractivity contribution in [3.05, 3.63) is 65.5 Å². The van der Waals surface area contributed by atoms with E-state index in [0.29, 0.717) is 30.4 Å². The molecule has 26 heavy (non-hydrogen) atoms. The fourth-order valence-corrected chi connectivity index (χ4v) is 2.96. The van der Waals surface area contributed by atoms with Crippen LogP contribution in [0.4, 0.5) is 6.01 Å². The van der Waals surface area contributed by atoms with Gasteiger partial charge in [0.15, 0.2) is 0 Å². The molecule has 7 heteroatoms. The summed E-state index contributed by atoms with van der Waals surface area (Å²) in [5.41, 5.74) is 1.59. The molecule has 0 aliphatic carbocycles. The number of carbonyl (C=O) groups is 1. The van der Waals surface area contributed by atoms with Crippen LogP contribution in [0.15, 0.2) is 52.9 Å². The van der Waals surface area contributed by atoms with E-state index < -0.39 is 5.92 Å². The van der Waals surface area contributed by atoms with Crippen LogP contribution in [0.5, 0.6) is 11.5 Å². The van der Waals surface area contributed by atoms with Crippen molar-refractivity contribution in [2.75, 3.05) is 19.0 Å². The zero-order valence-corrected chi connectivity index (χ0v) is 14.1. The topological polar surface area (TPSA) is 86.5 Å². The molecular weight excluding hydrogens is 334 g/mol. The van der Waals surface area contributed by atoms with Crippen molar-refractivity contribution in [1.29, 1.82) is 0 Å². The van der Waals surface area contributed by atoms with Gasteiger partial charge in [-0.05, 0) is 12.1 Å². The van der Waals surface area contributed by atoms with Crippen molar-refractivity contribution in [3.8, 4) is 11.5 Å². The molecule has 0 saturated carbocycles. The number of para-hydroxylation sites is 2. The first-order valence-corrected chi connectivity index (χ1v) is 8.24. The van der Waals surface area contributed by atoms with Gasteiger partial charge in [0, 0.05) is 24.7 Å². The molecule has 2 heterocycles. The number of nitrogens with one attached hydrogen (secondary N) is 1. The molecule has 1 N–H and O–H groups in total. The van der Waals surface area contributed by atoms with Gasteiger partial charge in [0.1, 0.15) is 11.5 Å². The number of benzene rings is 2. The molecule has 132 valence electrons. The van der Waals surface area contributed by atoms with Gasteiger partial charge >= 0.3 is 6.01 Å². The third-order valence-electron chi connectivity index (χ3n) is 4.16. The molecule has 1 aliphatic heterocycles. The van der Waals surface area contributed by atoms with Crippen LogP contribution in [-0.4, -0.2) is 29.8 Å². The fourth-order valence-electron chi connectivity index (χ4n) is 2.96.